The molecule has 1 saturated heterocycles. The van der Waals surface area contributed by atoms with Crippen LogP contribution in [0.1, 0.15) is 30.1 Å². The molecule has 2 amide bonds. The first-order valence-electron chi connectivity index (χ1n) is 7.44. The van der Waals surface area contributed by atoms with Crippen LogP contribution in [0.3, 0.4) is 0 Å². The average Bonchev–Trinajstić information content (AvgIpc) is 2.53. The molecule has 1 aromatic carbocycles. The van der Waals surface area contributed by atoms with Crippen LogP contribution < -0.4 is 10.6 Å². The van der Waals surface area contributed by atoms with Crippen molar-refractivity contribution in [3.8, 4) is 0 Å². The van der Waals surface area contributed by atoms with E-state index >= 15 is 0 Å². The summed E-state index contributed by atoms with van der Waals surface area (Å²) in [5.41, 5.74) is 1.54. The third-order valence-electron chi connectivity index (χ3n) is 3.93. The molecule has 0 saturated carbocycles. The summed E-state index contributed by atoms with van der Waals surface area (Å²) < 4.78 is 0. The minimum Gasteiger partial charge on any atom is -0.376 e. The van der Waals surface area contributed by atoms with Crippen molar-refractivity contribution in [1.82, 2.24) is 10.2 Å². The summed E-state index contributed by atoms with van der Waals surface area (Å²) >= 11 is 0. The Morgan fingerprint density at radius 1 is 1.19 bits per heavy atom. The SMILES string of the molecule is CNC(=O)CNc1ccc(C(=O)N2CCC(C)CC2)cc1. The predicted molar refractivity (Wildman–Crippen MR) is 83.3 cm³/mol. The largest absolute Gasteiger partial charge is 0.376 e. The summed E-state index contributed by atoms with van der Waals surface area (Å²) in [6, 6.07) is 7.30. The first-order valence-corrected chi connectivity index (χ1v) is 7.44. The van der Waals surface area contributed by atoms with Gasteiger partial charge in [-0.1, -0.05) is 6.92 Å². The number of carbonyl (C=O) groups is 2. The van der Waals surface area contributed by atoms with Crippen molar-refractivity contribution in [2.24, 2.45) is 5.92 Å². The Balaban J connectivity index is 1.92. The molecule has 5 nitrogen and oxygen atoms in total. The van der Waals surface area contributed by atoms with Crippen molar-refractivity contribution in [1.29, 1.82) is 0 Å². The van der Waals surface area contributed by atoms with Crippen molar-refractivity contribution in [2.45, 2.75) is 19.8 Å². The van der Waals surface area contributed by atoms with E-state index in [1.165, 1.54) is 0 Å². The van der Waals surface area contributed by atoms with E-state index in [1.807, 2.05) is 29.2 Å². The maximum Gasteiger partial charge on any atom is 0.253 e. The van der Waals surface area contributed by atoms with E-state index in [0.29, 0.717) is 11.5 Å². The Kier molecular flexibility index (Phi) is 5.20. The van der Waals surface area contributed by atoms with Crippen LogP contribution in [0.2, 0.25) is 0 Å². The van der Waals surface area contributed by atoms with E-state index in [1.54, 1.807) is 7.05 Å². The van der Waals surface area contributed by atoms with Gasteiger partial charge in [0.15, 0.2) is 0 Å². The lowest BCUT2D eigenvalue weighted by molar-refractivity contribution is -0.118. The van der Waals surface area contributed by atoms with Crippen molar-refractivity contribution in [2.75, 3.05) is 32.0 Å². The zero-order valence-electron chi connectivity index (χ0n) is 12.7. The van der Waals surface area contributed by atoms with Crippen molar-refractivity contribution < 1.29 is 9.59 Å². The lowest BCUT2D eigenvalue weighted by atomic mass is 9.98. The van der Waals surface area contributed by atoms with Crippen LogP contribution in [-0.2, 0) is 4.79 Å². The van der Waals surface area contributed by atoms with E-state index in [-0.39, 0.29) is 18.4 Å². The van der Waals surface area contributed by atoms with Crippen LogP contribution in [-0.4, -0.2) is 43.4 Å². The van der Waals surface area contributed by atoms with E-state index in [2.05, 4.69) is 17.6 Å². The van der Waals surface area contributed by atoms with Crippen molar-refractivity contribution in [3.63, 3.8) is 0 Å². The van der Waals surface area contributed by atoms with Gasteiger partial charge in [-0.15, -0.1) is 0 Å². The standard InChI is InChI=1S/C16H23N3O2/c1-12-7-9-19(10-8-12)16(21)13-3-5-14(6-4-13)18-11-15(20)17-2/h3-6,12,18H,7-11H2,1-2H3,(H,17,20). The fourth-order valence-corrected chi connectivity index (χ4v) is 2.40. The minimum atomic E-state index is -0.0717. The molecule has 2 N–H and O–H groups in total. The quantitative estimate of drug-likeness (QED) is 0.887. The monoisotopic (exact) mass is 289 g/mol. The molecule has 0 unspecified atom stereocenters. The summed E-state index contributed by atoms with van der Waals surface area (Å²) in [7, 11) is 1.60. The van der Waals surface area contributed by atoms with E-state index in [9.17, 15) is 9.59 Å². The van der Waals surface area contributed by atoms with Gasteiger partial charge in [0.25, 0.3) is 5.91 Å². The number of likely N-dealkylation sites (tertiary alicyclic amines) is 1. The van der Waals surface area contributed by atoms with Crippen LogP contribution in [0.5, 0.6) is 0 Å². The van der Waals surface area contributed by atoms with Gasteiger partial charge in [-0.05, 0) is 43.0 Å². The fourth-order valence-electron chi connectivity index (χ4n) is 2.40. The second-order valence-corrected chi connectivity index (χ2v) is 5.58. The summed E-state index contributed by atoms with van der Waals surface area (Å²) in [4.78, 5) is 25.5. The molecule has 0 radical (unpaired) electrons. The van der Waals surface area contributed by atoms with Gasteiger partial charge in [0.2, 0.25) is 5.91 Å². The Morgan fingerprint density at radius 2 is 1.81 bits per heavy atom. The van der Waals surface area contributed by atoms with Crippen LogP contribution in [0.25, 0.3) is 0 Å². The number of benzene rings is 1. The number of nitrogens with one attached hydrogen (secondary N) is 2. The third-order valence-corrected chi connectivity index (χ3v) is 3.93. The number of amides is 2. The topological polar surface area (TPSA) is 61.4 Å². The first kappa shape index (κ1) is 15.4. The molecule has 1 fully saturated rings. The van der Waals surface area contributed by atoms with Crippen molar-refractivity contribution >= 4 is 17.5 Å². The summed E-state index contributed by atoms with van der Waals surface area (Å²) in [6.45, 7) is 4.15. The molecule has 21 heavy (non-hydrogen) atoms. The highest BCUT2D eigenvalue weighted by Gasteiger charge is 2.21. The fraction of sp³-hybridized carbons (Fsp3) is 0.500. The second kappa shape index (κ2) is 7.11. The molecule has 0 spiro atoms. The van der Waals surface area contributed by atoms with E-state index in [4.69, 9.17) is 0 Å². The van der Waals surface area contributed by atoms with Gasteiger partial charge in [-0.2, -0.15) is 0 Å². The number of anilines is 1. The van der Waals surface area contributed by atoms with E-state index < -0.39 is 0 Å². The van der Waals surface area contributed by atoms with Crippen LogP contribution in [0.15, 0.2) is 24.3 Å². The molecular formula is C16H23N3O2. The number of likely N-dealkylation sites (N-methyl/N-ethyl adjacent to an activating group) is 1. The highest BCUT2D eigenvalue weighted by Crippen LogP contribution is 2.19. The first-order chi connectivity index (χ1) is 10.1. The zero-order valence-corrected chi connectivity index (χ0v) is 12.7. The number of piperidine rings is 1. The van der Waals surface area contributed by atoms with Gasteiger partial charge in [-0.25, -0.2) is 0 Å². The number of hydrogen-bond donors (Lipinski definition) is 2. The molecular weight excluding hydrogens is 266 g/mol. The molecule has 0 aromatic heterocycles. The van der Waals surface area contributed by atoms with Crippen LogP contribution in [0, 0.1) is 5.92 Å². The van der Waals surface area contributed by atoms with Crippen molar-refractivity contribution in [3.05, 3.63) is 29.8 Å². The highest BCUT2D eigenvalue weighted by atomic mass is 16.2. The molecule has 2 rings (SSSR count). The van der Waals surface area contributed by atoms with Gasteiger partial charge >= 0.3 is 0 Å². The molecule has 0 aliphatic carbocycles. The molecule has 114 valence electrons. The number of hydrogen-bond acceptors (Lipinski definition) is 3. The molecule has 0 bridgehead atoms. The maximum absolute atomic E-state index is 12.4. The van der Waals surface area contributed by atoms with Gasteiger partial charge in [0.05, 0.1) is 6.54 Å². The van der Waals surface area contributed by atoms with Crippen LogP contribution in [0.4, 0.5) is 5.69 Å². The lowest BCUT2D eigenvalue weighted by Crippen LogP contribution is -2.37. The summed E-state index contributed by atoms with van der Waals surface area (Å²) in [6.07, 6.45) is 2.16. The zero-order chi connectivity index (χ0) is 15.2. The van der Waals surface area contributed by atoms with Gasteiger partial charge < -0.3 is 15.5 Å². The summed E-state index contributed by atoms with van der Waals surface area (Å²) in [5, 5.41) is 5.56. The summed E-state index contributed by atoms with van der Waals surface area (Å²) in [5.74, 6) is 0.739. The number of carbonyl (C=O) groups excluding carboxylic acids is 2. The maximum atomic E-state index is 12.4. The smallest absolute Gasteiger partial charge is 0.253 e. The van der Waals surface area contributed by atoms with Gasteiger partial charge in [-0.3, -0.25) is 9.59 Å². The molecule has 0 atom stereocenters. The average molecular weight is 289 g/mol. The highest BCUT2D eigenvalue weighted by molar-refractivity contribution is 5.94. The number of rotatable bonds is 4. The lowest BCUT2D eigenvalue weighted by Gasteiger charge is -2.30. The molecule has 1 aromatic rings. The third kappa shape index (κ3) is 4.21. The van der Waals surface area contributed by atoms with Gasteiger partial charge in [0, 0.05) is 31.4 Å². The van der Waals surface area contributed by atoms with Crippen LogP contribution >= 0.6 is 0 Å². The molecule has 1 aliphatic heterocycles. The second-order valence-electron chi connectivity index (χ2n) is 5.58. The number of nitrogens with zero attached hydrogens (tertiary/aromatic N) is 1. The minimum absolute atomic E-state index is 0.0717. The molecule has 1 heterocycles. The predicted octanol–water partition coefficient (Wildman–Crippen LogP) is 1.72. The Labute approximate surface area is 125 Å². The van der Waals surface area contributed by atoms with Gasteiger partial charge in [0.1, 0.15) is 0 Å². The molecule has 5 heteroatoms. The Hall–Kier alpha value is -2.04. The van der Waals surface area contributed by atoms with E-state index in [0.717, 1.165) is 31.6 Å². The normalized spacial score (nSPS) is 15.6. The Morgan fingerprint density at radius 3 is 2.38 bits per heavy atom. The molecule has 1 aliphatic rings. The Bertz CT molecular complexity index is 491.